The van der Waals surface area contributed by atoms with Crippen LogP contribution < -0.4 is 20.4 Å². The van der Waals surface area contributed by atoms with Crippen molar-refractivity contribution in [1.29, 1.82) is 0 Å². The van der Waals surface area contributed by atoms with Gasteiger partial charge >= 0.3 is 263 Å². The Morgan fingerprint density at radius 3 is 1.24 bits per heavy atom. The average molecular weight is 717 g/mol. The molecule has 6 aromatic rings. The van der Waals surface area contributed by atoms with Crippen LogP contribution >= 0.6 is 22.7 Å². The minimum absolute atomic E-state index is 0.336. The Morgan fingerprint density at radius 1 is 0.476 bits per heavy atom. The van der Waals surface area contributed by atoms with Crippen molar-refractivity contribution in [3.8, 4) is 22.5 Å². The molecule has 8 nitrogen and oxygen atoms in total. The Morgan fingerprint density at radius 2 is 0.857 bits per heavy atom. The Kier molecular flexibility index (Phi) is 8.91. The van der Waals surface area contributed by atoms with Crippen LogP contribution in [0.25, 0.3) is 22.5 Å². The van der Waals surface area contributed by atoms with Gasteiger partial charge < -0.3 is 0 Å². The van der Waals surface area contributed by atoms with E-state index in [0.717, 1.165) is 33.9 Å². The molecule has 2 aromatic heterocycles. The van der Waals surface area contributed by atoms with Gasteiger partial charge in [-0.2, -0.15) is 0 Å². The number of hydrogen-bond donors (Lipinski definition) is 2. The Bertz CT molecular complexity index is 1700. The van der Waals surface area contributed by atoms with Crippen molar-refractivity contribution < 1.29 is 0 Å². The van der Waals surface area contributed by atoms with Crippen LogP contribution in [0.2, 0.25) is 0 Å². The van der Waals surface area contributed by atoms with Gasteiger partial charge in [-0.25, -0.2) is 0 Å². The molecule has 0 atom stereocenters. The maximum absolute atomic E-state index is 5.95. The van der Waals surface area contributed by atoms with Gasteiger partial charge in [0.1, 0.15) is 0 Å². The minimum atomic E-state index is 0.336. The fraction of sp³-hybridized carbons (Fsp3) is 0. The zero-order valence-corrected chi connectivity index (χ0v) is 26.9. The van der Waals surface area contributed by atoms with E-state index in [2.05, 4.69) is 54.7 Å². The number of nitrogens with zero attached hydrogens (tertiary/aromatic N) is 6. The molecule has 0 saturated carbocycles. The second-order valence-electron chi connectivity index (χ2n) is 8.70. The summed E-state index contributed by atoms with van der Waals surface area (Å²) in [4.78, 5) is 8.87. The van der Waals surface area contributed by atoms with Gasteiger partial charge in [-0.3, -0.25) is 0 Å². The first kappa shape index (κ1) is 28.1. The standard InChI is InChI=1S/C30H22N8S2Se2/c31-29-33-25(19-7-3-1-4-8-19)27(39-29)37-35-21-11-15-23(16-12-21)41-42-24-17-13-22(14-18-24)36-38-28-26(34-30(32)40-28)20-9-5-2-6-10-20/h1-18H,(H2,31,33)(H2,32,34). The molecule has 0 spiro atoms. The van der Waals surface area contributed by atoms with Crippen LogP contribution in [-0.2, 0) is 0 Å². The number of azo groups is 2. The van der Waals surface area contributed by atoms with Crippen molar-refractivity contribution in [3.05, 3.63) is 109 Å². The Labute approximate surface area is 261 Å². The number of benzene rings is 4. The summed E-state index contributed by atoms with van der Waals surface area (Å²) in [5, 5.41) is 20.1. The van der Waals surface area contributed by atoms with Crippen LogP contribution in [0.4, 0.5) is 31.6 Å². The molecule has 12 heteroatoms. The van der Waals surface area contributed by atoms with Crippen LogP contribution in [0.3, 0.4) is 0 Å². The third kappa shape index (κ3) is 7.06. The van der Waals surface area contributed by atoms with E-state index in [9.17, 15) is 0 Å². The first-order valence-electron chi connectivity index (χ1n) is 12.6. The quantitative estimate of drug-likeness (QED) is 0.121. The van der Waals surface area contributed by atoms with Crippen molar-refractivity contribution in [2.45, 2.75) is 0 Å². The van der Waals surface area contributed by atoms with Crippen LogP contribution in [0.5, 0.6) is 0 Å². The second-order valence-corrected chi connectivity index (χ2v) is 17.0. The number of nitrogen functional groups attached to an aromatic ring is 2. The average Bonchev–Trinajstić information content (AvgIpc) is 3.61. The van der Waals surface area contributed by atoms with Crippen LogP contribution in [0.1, 0.15) is 0 Å². The third-order valence-electron chi connectivity index (χ3n) is 5.77. The summed E-state index contributed by atoms with van der Waals surface area (Å²) < 4.78 is 2.63. The molecule has 0 saturated heterocycles. The Balaban J connectivity index is 1.06. The molecular formula is C30H22N8S2Se2. The first-order valence-corrected chi connectivity index (χ1v) is 20.3. The summed E-state index contributed by atoms with van der Waals surface area (Å²) in [5.41, 5.74) is 16.9. The van der Waals surface area contributed by atoms with E-state index in [-0.39, 0.29) is 0 Å². The number of anilines is 2. The monoisotopic (exact) mass is 718 g/mol. The van der Waals surface area contributed by atoms with Gasteiger partial charge in [-0.15, -0.1) is 0 Å². The maximum atomic E-state index is 5.95. The molecule has 206 valence electrons. The molecule has 4 aromatic carbocycles. The van der Waals surface area contributed by atoms with Gasteiger partial charge in [0, 0.05) is 0 Å². The molecule has 42 heavy (non-hydrogen) atoms. The van der Waals surface area contributed by atoms with E-state index < -0.39 is 0 Å². The molecule has 4 N–H and O–H groups in total. The molecule has 6 rings (SSSR count). The number of aromatic nitrogens is 2. The molecule has 0 radical (unpaired) electrons. The molecule has 2 heterocycles. The van der Waals surface area contributed by atoms with Crippen molar-refractivity contribution in [1.82, 2.24) is 9.97 Å². The molecule has 0 aliphatic heterocycles. The number of hydrogen-bond acceptors (Lipinski definition) is 10. The van der Waals surface area contributed by atoms with Crippen LogP contribution in [-0.4, -0.2) is 36.2 Å². The predicted molar refractivity (Wildman–Crippen MR) is 176 cm³/mol. The molecular weight excluding hydrogens is 694 g/mol. The van der Waals surface area contributed by atoms with Crippen molar-refractivity contribution in [2.24, 2.45) is 20.5 Å². The molecule has 0 aliphatic carbocycles. The number of nitrogens with two attached hydrogens (primary N) is 2. The molecule has 0 aliphatic rings. The van der Waals surface area contributed by atoms with Gasteiger partial charge in [-0.05, 0) is 0 Å². The van der Waals surface area contributed by atoms with E-state index in [1.807, 2.05) is 84.9 Å². The van der Waals surface area contributed by atoms with Gasteiger partial charge in [0.2, 0.25) is 0 Å². The normalized spacial score (nSPS) is 11.5. The molecule has 0 amide bonds. The fourth-order valence-electron chi connectivity index (χ4n) is 3.80. The summed E-state index contributed by atoms with van der Waals surface area (Å²) in [6.45, 7) is 0. The summed E-state index contributed by atoms with van der Waals surface area (Å²) in [6.07, 6.45) is 0. The third-order valence-corrected chi connectivity index (χ3v) is 14.5. The van der Waals surface area contributed by atoms with E-state index >= 15 is 0 Å². The van der Waals surface area contributed by atoms with Crippen LogP contribution in [0, 0.1) is 0 Å². The first-order chi connectivity index (χ1) is 20.6. The van der Waals surface area contributed by atoms with Crippen molar-refractivity contribution in [3.63, 3.8) is 0 Å². The molecule has 0 unspecified atom stereocenters. The summed E-state index contributed by atoms with van der Waals surface area (Å²) in [6, 6.07) is 36.3. The summed E-state index contributed by atoms with van der Waals surface area (Å²) >= 11 is 3.34. The van der Waals surface area contributed by atoms with E-state index in [0.29, 0.717) is 46.5 Å². The van der Waals surface area contributed by atoms with E-state index in [1.165, 1.54) is 31.6 Å². The van der Waals surface area contributed by atoms with Gasteiger partial charge in [0.15, 0.2) is 0 Å². The van der Waals surface area contributed by atoms with Gasteiger partial charge in [0.25, 0.3) is 0 Å². The second kappa shape index (κ2) is 13.3. The van der Waals surface area contributed by atoms with E-state index in [4.69, 9.17) is 11.5 Å². The van der Waals surface area contributed by atoms with Crippen molar-refractivity contribution >= 4 is 89.5 Å². The molecule has 0 fully saturated rings. The molecule has 0 bridgehead atoms. The Hall–Kier alpha value is -4.02. The zero-order valence-electron chi connectivity index (χ0n) is 21.9. The summed E-state index contributed by atoms with van der Waals surface area (Å²) in [7, 11) is 0. The SMILES string of the molecule is Nc1nc(-c2ccccc2)c(N=Nc2ccc([Se][Se]c3ccc(N=Nc4sc(N)nc4-c4ccccc4)cc3)cc2)s1. The van der Waals surface area contributed by atoms with Crippen molar-refractivity contribution in [2.75, 3.05) is 11.5 Å². The van der Waals surface area contributed by atoms with Gasteiger partial charge in [-0.1, -0.05) is 0 Å². The number of rotatable bonds is 9. The number of thiazole rings is 2. The predicted octanol–water partition coefficient (Wildman–Crippen LogP) is 7.20. The van der Waals surface area contributed by atoms with E-state index in [1.54, 1.807) is 0 Å². The van der Waals surface area contributed by atoms with Gasteiger partial charge in [0.05, 0.1) is 0 Å². The summed E-state index contributed by atoms with van der Waals surface area (Å²) in [5.74, 6) is 0. The van der Waals surface area contributed by atoms with Crippen LogP contribution in [0.15, 0.2) is 130 Å². The fourth-order valence-corrected chi connectivity index (χ4v) is 11.1. The zero-order chi connectivity index (χ0) is 28.7. The topological polar surface area (TPSA) is 127 Å².